The lowest BCUT2D eigenvalue weighted by molar-refractivity contribution is 0.191. The molecule has 8 heteroatoms. The van der Waals surface area contributed by atoms with Crippen LogP contribution in [0.1, 0.15) is 18.4 Å². The molecule has 0 amide bonds. The van der Waals surface area contributed by atoms with Gasteiger partial charge in [0.05, 0.1) is 12.1 Å². The van der Waals surface area contributed by atoms with Gasteiger partial charge in [0.15, 0.2) is 0 Å². The zero-order chi connectivity index (χ0) is 13.4. The third-order valence-corrected chi connectivity index (χ3v) is 3.91. The first kappa shape index (κ1) is 13.2. The van der Waals surface area contributed by atoms with Crippen molar-refractivity contribution in [3.05, 3.63) is 27.1 Å². The molecule has 19 heavy (non-hydrogen) atoms. The second-order valence-electron chi connectivity index (χ2n) is 4.29. The highest BCUT2D eigenvalue weighted by atomic mass is 79.9. The lowest BCUT2D eigenvalue weighted by Gasteiger charge is -2.01. The van der Waals surface area contributed by atoms with E-state index in [0.29, 0.717) is 30.4 Å². The Labute approximate surface area is 125 Å². The maximum atomic E-state index is 9.48. The standard InChI is InChI=1S/C11H10Br2N4O2/c12-5-1-7(13)9(15-3-5)10-16-11(19-17-10)8-2-6(18)4-14-8/h1,3,6,8,14,18H,2,4H2/t6-,8+/m1/s1. The minimum Gasteiger partial charge on any atom is -0.392 e. The van der Waals surface area contributed by atoms with Crippen molar-refractivity contribution < 1.29 is 9.63 Å². The molecule has 100 valence electrons. The number of hydrogen-bond donors (Lipinski definition) is 2. The average Bonchev–Trinajstić information content (AvgIpc) is 2.97. The van der Waals surface area contributed by atoms with Crippen LogP contribution in [0.3, 0.4) is 0 Å². The molecule has 2 N–H and O–H groups in total. The van der Waals surface area contributed by atoms with Crippen molar-refractivity contribution in [2.75, 3.05) is 6.54 Å². The summed E-state index contributed by atoms with van der Waals surface area (Å²) in [5, 5.41) is 16.5. The molecular formula is C11H10Br2N4O2. The fourth-order valence-electron chi connectivity index (χ4n) is 1.96. The van der Waals surface area contributed by atoms with Crippen LogP contribution in [0, 0.1) is 0 Å². The van der Waals surface area contributed by atoms with Crippen LogP contribution in [-0.2, 0) is 0 Å². The highest BCUT2D eigenvalue weighted by molar-refractivity contribution is 9.11. The number of pyridine rings is 1. The van der Waals surface area contributed by atoms with Gasteiger partial charge in [0.25, 0.3) is 0 Å². The zero-order valence-corrected chi connectivity index (χ0v) is 12.8. The summed E-state index contributed by atoms with van der Waals surface area (Å²) < 4.78 is 6.88. The molecule has 3 heterocycles. The van der Waals surface area contributed by atoms with Crippen LogP contribution in [0.25, 0.3) is 11.5 Å². The quantitative estimate of drug-likeness (QED) is 0.817. The Morgan fingerprint density at radius 1 is 1.42 bits per heavy atom. The molecule has 2 atom stereocenters. The van der Waals surface area contributed by atoms with Gasteiger partial charge in [0.2, 0.25) is 11.7 Å². The van der Waals surface area contributed by atoms with Crippen molar-refractivity contribution in [2.24, 2.45) is 0 Å². The first-order valence-electron chi connectivity index (χ1n) is 5.70. The van der Waals surface area contributed by atoms with E-state index in [9.17, 15) is 5.11 Å². The van der Waals surface area contributed by atoms with Crippen molar-refractivity contribution in [1.82, 2.24) is 20.4 Å². The number of rotatable bonds is 2. The Morgan fingerprint density at radius 2 is 2.26 bits per heavy atom. The number of β-amino-alcohol motifs (C(OH)–C–C–N with tert-alkyl or cyclic N) is 1. The largest absolute Gasteiger partial charge is 0.392 e. The first-order chi connectivity index (χ1) is 9.13. The Kier molecular flexibility index (Phi) is 3.66. The van der Waals surface area contributed by atoms with Gasteiger partial charge in [-0.05, 0) is 44.3 Å². The van der Waals surface area contributed by atoms with E-state index in [0.717, 1.165) is 8.95 Å². The average molecular weight is 390 g/mol. The molecule has 1 aliphatic heterocycles. The summed E-state index contributed by atoms with van der Waals surface area (Å²) in [4.78, 5) is 8.58. The number of hydrogen-bond acceptors (Lipinski definition) is 6. The minimum atomic E-state index is -0.363. The summed E-state index contributed by atoms with van der Waals surface area (Å²) in [6.07, 6.45) is 1.89. The van der Waals surface area contributed by atoms with Crippen LogP contribution >= 0.6 is 31.9 Å². The van der Waals surface area contributed by atoms with E-state index >= 15 is 0 Å². The molecule has 0 unspecified atom stereocenters. The topological polar surface area (TPSA) is 84.1 Å². The Bertz CT molecular complexity index is 604. The van der Waals surface area contributed by atoms with Gasteiger partial charge >= 0.3 is 0 Å². The molecular weight excluding hydrogens is 380 g/mol. The molecule has 6 nitrogen and oxygen atoms in total. The predicted molar refractivity (Wildman–Crippen MR) is 74.3 cm³/mol. The van der Waals surface area contributed by atoms with E-state index in [2.05, 4.69) is 52.3 Å². The molecule has 0 aliphatic carbocycles. The number of aliphatic hydroxyl groups excluding tert-OH is 1. The number of nitrogens with one attached hydrogen (secondary N) is 1. The second kappa shape index (κ2) is 5.28. The summed E-state index contributed by atoms with van der Waals surface area (Å²) in [5.74, 6) is 0.903. The normalized spacial score (nSPS) is 22.9. The van der Waals surface area contributed by atoms with Gasteiger partial charge in [-0.15, -0.1) is 0 Å². The Hall–Kier alpha value is -0.830. The third-order valence-electron chi connectivity index (χ3n) is 2.87. The van der Waals surface area contributed by atoms with E-state index in [1.54, 1.807) is 6.20 Å². The molecule has 3 rings (SSSR count). The summed E-state index contributed by atoms with van der Waals surface area (Å²) >= 11 is 6.76. The van der Waals surface area contributed by atoms with Crippen LogP contribution < -0.4 is 5.32 Å². The van der Waals surface area contributed by atoms with Crippen LogP contribution in [0.15, 0.2) is 25.7 Å². The first-order valence-corrected chi connectivity index (χ1v) is 7.28. The van der Waals surface area contributed by atoms with Gasteiger partial charge in [-0.2, -0.15) is 4.98 Å². The second-order valence-corrected chi connectivity index (χ2v) is 6.06. The lowest BCUT2D eigenvalue weighted by atomic mass is 10.2. The SMILES string of the molecule is O[C@H]1CN[C@H](c2nc(-c3ncc(Br)cc3Br)no2)C1. The molecule has 2 aromatic rings. The monoisotopic (exact) mass is 388 g/mol. The fraction of sp³-hybridized carbons (Fsp3) is 0.364. The maximum absolute atomic E-state index is 9.48. The van der Waals surface area contributed by atoms with E-state index in [1.807, 2.05) is 6.07 Å². The van der Waals surface area contributed by atoms with Crippen LogP contribution in [0.5, 0.6) is 0 Å². The van der Waals surface area contributed by atoms with Gasteiger partial charge in [0.1, 0.15) is 5.69 Å². The van der Waals surface area contributed by atoms with Gasteiger partial charge in [-0.3, -0.25) is 4.98 Å². The Morgan fingerprint density at radius 3 is 2.95 bits per heavy atom. The van der Waals surface area contributed by atoms with Crippen LogP contribution in [0.4, 0.5) is 0 Å². The molecule has 2 aromatic heterocycles. The Balaban J connectivity index is 1.88. The van der Waals surface area contributed by atoms with E-state index in [4.69, 9.17) is 4.52 Å². The minimum absolute atomic E-state index is 0.0922. The summed E-state index contributed by atoms with van der Waals surface area (Å²) in [6, 6.07) is 1.78. The van der Waals surface area contributed by atoms with Crippen molar-refractivity contribution >= 4 is 31.9 Å². The van der Waals surface area contributed by atoms with Gasteiger partial charge in [-0.25, -0.2) is 0 Å². The number of nitrogens with zero attached hydrogens (tertiary/aromatic N) is 3. The third kappa shape index (κ3) is 2.71. The van der Waals surface area contributed by atoms with E-state index in [-0.39, 0.29) is 12.1 Å². The molecule has 0 aromatic carbocycles. The smallest absolute Gasteiger partial charge is 0.244 e. The summed E-state index contributed by atoms with van der Waals surface area (Å²) in [7, 11) is 0. The molecule has 1 saturated heterocycles. The van der Waals surface area contributed by atoms with Crippen molar-refractivity contribution in [3.8, 4) is 11.5 Å². The zero-order valence-electron chi connectivity index (χ0n) is 9.68. The summed E-state index contributed by atoms with van der Waals surface area (Å²) in [6.45, 7) is 0.544. The molecule has 1 fully saturated rings. The van der Waals surface area contributed by atoms with Crippen molar-refractivity contribution in [3.63, 3.8) is 0 Å². The molecule has 0 saturated carbocycles. The van der Waals surface area contributed by atoms with Gasteiger partial charge < -0.3 is 14.9 Å². The van der Waals surface area contributed by atoms with E-state index in [1.165, 1.54) is 0 Å². The van der Waals surface area contributed by atoms with Gasteiger partial charge in [0, 0.05) is 21.7 Å². The maximum Gasteiger partial charge on any atom is 0.244 e. The van der Waals surface area contributed by atoms with Crippen molar-refractivity contribution in [2.45, 2.75) is 18.6 Å². The van der Waals surface area contributed by atoms with E-state index < -0.39 is 0 Å². The highest BCUT2D eigenvalue weighted by Gasteiger charge is 2.28. The van der Waals surface area contributed by atoms with Crippen LogP contribution in [0.2, 0.25) is 0 Å². The van der Waals surface area contributed by atoms with Gasteiger partial charge in [-0.1, -0.05) is 5.16 Å². The number of halogens is 2. The predicted octanol–water partition coefficient (Wildman–Crippen LogP) is 2.05. The molecule has 0 spiro atoms. The van der Waals surface area contributed by atoms with Crippen molar-refractivity contribution in [1.29, 1.82) is 0 Å². The number of aliphatic hydroxyl groups is 1. The van der Waals surface area contributed by atoms with Crippen LogP contribution in [-0.4, -0.2) is 32.9 Å². The highest BCUT2D eigenvalue weighted by Crippen LogP contribution is 2.28. The fourth-order valence-corrected chi connectivity index (χ4v) is 3.12. The molecule has 1 aliphatic rings. The molecule has 0 radical (unpaired) electrons. The molecule has 0 bridgehead atoms. The lowest BCUT2D eigenvalue weighted by Crippen LogP contribution is -2.15. The summed E-state index contributed by atoms with van der Waals surface area (Å²) in [5.41, 5.74) is 0.622. The number of aromatic nitrogens is 3.